The molecule has 0 fully saturated rings. The minimum Gasteiger partial charge on any atom is -0.468 e. The zero-order chi connectivity index (χ0) is 14.3. The molecule has 0 bridgehead atoms. The first kappa shape index (κ1) is 16.0. The lowest BCUT2D eigenvalue weighted by atomic mass is 10.2. The van der Waals surface area contributed by atoms with E-state index >= 15 is 0 Å². The van der Waals surface area contributed by atoms with E-state index in [1.807, 2.05) is 13.1 Å². The fourth-order valence-corrected chi connectivity index (χ4v) is 2.35. The summed E-state index contributed by atoms with van der Waals surface area (Å²) in [5, 5.41) is 4.27. The van der Waals surface area contributed by atoms with Gasteiger partial charge in [0.15, 0.2) is 0 Å². The zero-order valence-electron chi connectivity index (χ0n) is 12.0. The largest absolute Gasteiger partial charge is 0.468 e. The number of rotatable bonds is 7. The second kappa shape index (κ2) is 8.17. The van der Waals surface area contributed by atoms with Gasteiger partial charge in [0.05, 0.1) is 17.9 Å². The Kier molecular flexibility index (Phi) is 6.87. The molecule has 0 aliphatic heterocycles. The van der Waals surface area contributed by atoms with Crippen LogP contribution in [-0.2, 0) is 16.1 Å². The third kappa shape index (κ3) is 6.07. The van der Waals surface area contributed by atoms with Gasteiger partial charge in [0.25, 0.3) is 0 Å². The Labute approximate surface area is 119 Å². The first-order valence-electron chi connectivity index (χ1n) is 6.38. The Bertz CT molecular complexity index is 422. The Balaban J connectivity index is 2.51. The predicted molar refractivity (Wildman–Crippen MR) is 78.3 cm³/mol. The second-order valence-corrected chi connectivity index (χ2v) is 5.82. The van der Waals surface area contributed by atoms with Crippen LogP contribution in [0.15, 0.2) is 17.3 Å². The van der Waals surface area contributed by atoms with Crippen LogP contribution < -0.4 is 5.32 Å². The molecular weight excluding hydrogens is 260 g/mol. The highest BCUT2D eigenvalue weighted by molar-refractivity contribution is 7.99. The first-order chi connectivity index (χ1) is 9.02. The van der Waals surface area contributed by atoms with Gasteiger partial charge in [-0.15, -0.1) is 0 Å². The van der Waals surface area contributed by atoms with Crippen molar-refractivity contribution in [3.63, 3.8) is 0 Å². The van der Waals surface area contributed by atoms with Crippen LogP contribution in [0.5, 0.6) is 0 Å². The van der Waals surface area contributed by atoms with Crippen molar-refractivity contribution in [2.24, 2.45) is 5.92 Å². The van der Waals surface area contributed by atoms with E-state index in [0.717, 1.165) is 23.7 Å². The molecular formula is C14H22N2O2S. The van der Waals surface area contributed by atoms with Crippen LogP contribution >= 0.6 is 11.8 Å². The summed E-state index contributed by atoms with van der Waals surface area (Å²) < 4.78 is 4.61. The van der Waals surface area contributed by atoms with Crippen molar-refractivity contribution in [1.82, 2.24) is 10.3 Å². The fraction of sp³-hybridized carbons (Fsp3) is 0.571. The van der Waals surface area contributed by atoms with Crippen LogP contribution in [0.4, 0.5) is 0 Å². The number of carbonyl (C=O) groups is 1. The lowest BCUT2D eigenvalue weighted by Gasteiger charge is -2.09. The van der Waals surface area contributed by atoms with Gasteiger partial charge in [-0.2, -0.15) is 0 Å². The molecule has 0 aromatic carbocycles. The number of carbonyl (C=O) groups excluding carboxylic acids is 1. The maximum Gasteiger partial charge on any atom is 0.316 e. The van der Waals surface area contributed by atoms with Gasteiger partial charge in [-0.25, -0.2) is 4.98 Å². The van der Waals surface area contributed by atoms with Crippen molar-refractivity contribution in [1.29, 1.82) is 0 Å². The van der Waals surface area contributed by atoms with Crippen LogP contribution in [0.3, 0.4) is 0 Å². The van der Waals surface area contributed by atoms with Gasteiger partial charge >= 0.3 is 5.97 Å². The first-order valence-corrected chi connectivity index (χ1v) is 7.37. The molecule has 0 unspecified atom stereocenters. The molecule has 0 atom stereocenters. The molecule has 0 radical (unpaired) electrons. The molecule has 1 N–H and O–H groups in total. The highest BCUT2D eigenvalue weighted by Crippen LogP contribution is 2.20. The minimum absolute atomic E-state index is 0.228. The average molecular weight is 282 g/mol. The van der Waals surface area contributed by atoms with E-state index in [9.17, 15) is 4.79 Å². The number of thioether (sulfide) groups is 1. The lowest BCUT2D eigenvalue weighted by Crippen LogP contribution is -2.19. The maximum atomic E-state index is 11.1. The molecule has 0 amide bonds. The third-order valence-electron chi connectivity index (χ3n) is 2.52. The van der Waals surface area contributed by atoms with Crippen LogP contribution in [0.1, 0.15) is 25.0 Å². The van der Waals surface area contributed by atoms with Gasteiger partial charge in [-0.05, 0) is 30.5 Å². The number of aromatic nitrogens is 1. The molecule has 0 aliphatic carbocycles. The van der Waals surface area contributed by atoms with E-state index in [1.165, 1.54) is 24.4 Å². The van der Waals surface area contributed by atoms with E-state index in [-0.39, 0.29) is 5.97 Å². The van der Waals surface area contributed by atoms with E-state index in [1.54, 1.807) is 0 Å². The molecule has 0 aliphatic rings. The van der Waals surface area contributed by atoms with Crippen molar-refractivity contribution >= 4 is 17.7 Å². The van der Waals surface area contributed by atoms with Gasteiger partial charge < -0.3 is 10.1 Å². The number of methoxy groups -OCH3 is 1. The number of hydrogen-bond donors (Lipinski definition) is 1. The standard InChI is InChI=1S/C14H22N2O2S/c1-10(2)6-15-7-12-5-11(3)14(16-8-12)19-9-13(17)18-4/h5,8,10,15H,6-7,9H2,1-4H3. The molecule has 106 valence electrons. The summed E-state index contributed by atoms with van der Waals surface area (Å²) in [6.45, 7) is 8.20. The molecule has 0 saturated heterocycles. The van der Waals surface area contributed by atoms with E-state index < -0.39 is 0 Å². The van der Waals surface area contributed by atoms with Crippen LogP contribution in [0.2, 0.25) is 0 Å². The van der Waals surface area contributed by atoms with Gasteiger partial charge in [0, 0.05) is 12.7 Å². The molecule has 1 heterocycles. The van der Waals surface area contributed by atoms with Gasteiger partial charge in [0.1, 0.15) is 0 Å². The summed E-state index contributed by atoms with van der Waals surface area (Å²) in [6, 6.07) is 2.11. The van der Waals surface area contributed by atoms with E-state index in [2.05, 4.69) is 35.0 Å². The van der Waals surface area contributed by atoms with Gasteiger partial charge in [-0.3, -0.25) is 4.79 Å². The molecule has 1 aromatic rings. The van der Waals surface area contributed by atoms with Crippen molar-refractivity contribution < 1.29 is 9.53 Å². The highest BCUT2D eigenvalue weighted by Gasteiger charge is 2.06. The predicted octanol–water partition coefficient (Wildman–Crippen LogP) is 2.40. The van der Waals surface area contributed by atoms with E-state index in [4.69, 9.17) is 0 Å². The normalized spacial score (nSPS) is 10.8. The number of nitrogens with zero attached hydrogens (tertiary/aromatic N) is 1. The smallest absolute Gasteiger partial charge is 0.316 e. The number of aryl methyl sites for hydroxylation is 1. The van der Waals surface area contributed by atoms with Crippen LogP contribution in [0, 0.1) is 12.8 Å². The molecule has 19 heavy (non-hydrogen) atoms. The summed E-state index contributed by atoms with van der Waals surface area (Å²) in [7, 11) is 1.40. The molecule has 0 spiro atoms. The molecule has 5 heteroatoms. The number of nitrogens with one attached hydrogen (secondary N) is 1. The van der Waals surface area contributed by atoms with Crippen molar-refractivity contribution in [2.45, 2.75) is 32.3 Å². The molecule has 4 nitrogen and oxygen atoms in total. The number of pyridine rings is 1. The maximum absolute atomic E-state index is 11.1. The SMILES string of the molecule is COC(=O)CSc1ncc(CNCC(C)C)cc1C. The summed E-state index contributed by atoms with van der Waals surface area (Å²) in [5.74, 6) is 0.716. The minimum atomic E-state index is -0.228. The van der Waals surface area contributed by atoms with Crippen molar-refractivity contribution in [3.05, 3.63) is 23.4 Å². The number of hydrogen-bond acceptors (Lipinski definition) is 5. The number of esters is 1. The Morgan fingerprint density at radius 3 is 2.84 bits per heavy atom. The Morgan fingerprint density at radius 1 is 1.53 bits per heavy atom. The Morgan fingerprint density at radius 2 is 2.26 bits per heavy atom. The van der Waals surface area contributed by atoms with Crippen molar-refractivity contribution in [2.75, 3.05) is 19.4 Å². The summed E-state index contributed by atoms with van der Waals surface area (Å²) in [5.41, 5.74) is 2.26. The third-order valence-corrected chi connectivity index (χ3v) is 3.60. The fourth-order valence-electron chi connectivity index (χ4n) is 1.56. The van der Waals surface area contributed by atoms with Gasteiger partial charge in [0.2, 0.25) is 0 Å². The average Bonchev–Trinajstić information content (AvgIpc) is 2.37. The lowest BCUT2D eigenvalue weighted by molar-refractivity contribution is -0.137. The van der Waals surface area contributed by atoms with Crippen molar-refractivity contribution in [3.8, 4) is 0 Å². The molecule has 1 rings (SSSR count). The number of ether oxygens (including phenoxy) is 1. The van der Waals surface area contributed by atoms with Gasteiger partial charge in [-0.1, -0.05) is 31.7 Å². The molecule has 1 aromatic heterocycles. The zero-order valence-corrected chi connectivity index (χ0v) is 12.8. The summed E-state index contributed by atoms with van der Waals surface area (Å²) in [4.78, 5) is 15.5. The summed E-state index contributed by atoms with van der Waals surface area (Å²) >= 11 is 1.41. The highest BCUT2D eigenvalue weighted by atomic mass is 32.2. The monoisotopic (exact) mass is 282 g/mol. The van der Waals surface area contributed by atoms with E-state index in [0.29, 0.717) is 11.7 Å². The Hall–Kier alpha value is -1.07. The van der Waals surface area contributed by atoms with Crippen LogP contribution in [-0.4, -0.2) is 30.4 Å². The quantitative estimate of drug-likeness (QED) is 0.615. The second-order valence-electron chi connectivity index (χ2n) is 4.86. The summed E-state index contributed by atoms with van der Waals surface area (Å²) in [6.07, 6.45) is 1.86. The molecule has 0 saturated carbocycles. The van der Waals surface area contributed by atoms with Crippen LogP contribution in [0.25, 0.3) is 0 Å². The topological polar surface area (TPSA) is 51.2 Å².